The van der Waals surface area contributed by atoms with Crippen LogP contribution in [0.5, 0.6) is 0 Å². The van der Waals surface area contributed by atoms with Gasteiger partial charge in [-0.2, -0.15) is 0 Å². The Morgan fingerprint density at radius 3 is 2.79 bits per heavy atom. The summed E-state index contributed by atoms with van der Waals surface area (Å²) in [6.45, 7) is 1.99. The van der Waals surface area contributed by atoms with Gasteiger partial charge in [0.25, 0.3) is 11.1 Å². The van der Waals surface area contributed by atoms with E-state index in [0.29, 0.717) is 15.6 Å². The van der Waals surface area contributed by atoms with E-state index in [1.807, 2.05) is 41.8 Å². The number of nitrogens with one attached hydrogen (secondary N) is 2. The highest BCUT2D eigenvalue weighted by Crippen LogP contribution is 2.30. The molecule has 1 aliphatic heterocycles. The molecule has 0 saturated carbocycles. The maximum Gasteiger partial charge on any atom is 0.290 e. The van der Waals surface area contributed by atoms with E-state index < -0.39 is 5.91 Å². The van der Waals surface area contributed by atoms with Crippen LogP contribution in [0.15, 0.2) is 53.6 Å². The van der Waals surface area contributed by atoms with E-state index in [0.717, 1.165) is 33.8 Å². The van der Waals surface area contributed by atoms with Crippen LogP contribution in [0.3, 0.4) is 0 Å². The number of para-hydroxylation sites is 1. The van der Waals surface area contributed by atoms with Gasteiger partial charge in [0.2, 0.25) is 5.91 Å². The highest BCUT2D eigenvalue weighted by Gasteiger charge is 2.25. The van der Waals surface area contributed by atoms with Crippen molar-refractivity contribution in [2.45, 2.75) is 13.5 Å². The third kappa shape index (κ3) is 4.06. The van der Waals surface area contributed by atoms with Gasteiger partial charge in [-0.05, 0) is 48.5 Å². The van der Waals surface area contributed by atoms with Gasteiger partial charge >= 0.3 is 0 Å². The predicted molar refractivity (Wildman–Crippen MR) is 116 cm³/mol. The van der Waals surface area contributed by atoms with Crippen molar-refractivity contribution in [3.8, 4) is 0 Å². The molecule has 0 unspecified atom stereocenters. The average Bonchev–Trinajstić information content (AvgIpc) is 3.18. The van der Waals surface area contributed by atoms with Gasteiger partial charge in [0.15, 0.2) is 0 Å². The average molecular weight is 426 g/mol. The molecule has 1 aromatic heterocycles. The van der Waals surface area contributed by atoms with E-state index >= 15 is 0 Å². The molecule has 8 heteroatoms. The van der Waals surface area contributed by atoms with Gasteiger partial charge in [-0.15, -0.1) is 0 Å². The standard InChI is InChI=1S/C21H16ClN3O3S/c1-12-6-7-14(22)9-16(12)23-19(26)11-25-10-13(15-4-2-3-5-17(15)25)8-18-20(27)24-21(28)29-18/h2-10H,11H2,1H3,(H,23,26)(H,24,27,28)/b18-8+. The molecule has 2 heterocycles. The van der Waals surface area contributed by atoms with Crippen molar-refractivity contribution in [2.24, 2.45) is 0 Å². The lowest BCUT2D eigenvalue weighted by molar-refractivity contribution is -0.117. The van der Waals surface area contributed by atoms with Gasteiger partial charge in [-0.25, -0.2) is 0 Å². The largest absolute Gasteiger partial charge is 0.337 e. The topological polar surface area (TPSA) is 80.2 Å². The van der Waals surface area contributed by atoms with Gasteiger partial charge in [0.05, 0.1) is 4.91 Å². The number of carbonyl (C=O) groups excluding carboxylic acids is 3. The number of aromatic nitrogens is 1. The lowest BCUT2D eigenvalue weighted by Crippen LogP contribution is -2.18. The first kappa shape index (κ1) is 19.3. The fourth-order valence-electron chi connectivity index (χ4n) is 3.16. The summed E-state index contributed by atoms with van der Waals surface area (Å²) >= 11 is 6.89. The molecule has 0 atom stereocenters. The minimum atomic E-state index is -0.411. The number of anilines is 1. The molecule has 2 N–H and O–H groups in total. The number of nitrogens with zero attached hydrogens (tertiary/aromatic N) is 1. The number of amides is 3. The Morgan fingerprint density at radius 1 is 1.24 bits per heavy atom. The first-order valence-electron chi connectivity index (χ1n) is 8.79. The molecule has 0 aliphatic carbocycles. The quantitative estimate of drug-likeness (QED) is 0.600. The van der Waals surface area contributed by atoms with Gasteiger partial charge in [0.1, 0.15) is 6.54 Å². The Morgan fingerprint density at radius 2 is 2.03 bits per heavy atom. The van der Waals surface area contributed by atoms with Crippen LogP contribution >= 0.6 is 23.4 Å². The van der Waals surface area contributed by atoms with Crippen molar-refractivity contribution >= 4 is 63.1 Å². The highest BCUT2D eigenvalue weighted by atomic mass is 35.5. The molecule has 1 aliphatic rings. The summed E-state index contributed by atoms with van der Waals surface area (Å²) in [5.74, 6) is -0.607. The van der Waals surface area contributed by atoms with Crippen molar-refractivity contribution in [3.63, 3.8) is 0 Å². The summed E-state index contributed by atoms with van der Waals surface area (Å²) in [7, 11) is 0. The number of thioether (sulfide) groups is 1. The molecule has 1 fully saturated rings. The number of rotatable bonds is 4. The number of imide groups is 1. The lowest BCUT2D eigenvalue weighted by Gasteiger charge is -2.10. The molecule has 3 aromatic rings. The maximum atomic E-state index is 12.6. The predicted octanol–water partition coefficient (Wildman–Crippen LogP) is 4.57. The number of halogens is 1. The Labute approximate surface area is 175 Å². The normalized spacial score (nSPS) is 15.2. The number of hydrogen-bond acceptors (Lipinski definition) is 4. The molecule has 6 nitrogen and oxygen atoms in total. The minimum absolute atomic E-state index is 0.0912. The molecule has 0 bridgehead atoms. The smallest absolute Gasteiger partial charge is 0.290 e. The molecule has 29 heavy (non-hydrogen) atoms. The Bertz CT molecular complexity index is 1200. The fourth-order valence-corrected chi connectivity index (χ4v) is 4.00. The molecule has 1 saturated heterocycles. The molecule has 4 rings (SSSR count). The van der Waals surface area contributed by atoms with Gasteiger partial charge in [0, 0.05) is 33.4 Å². The summed E-state index contributed by atoms with van der Waals surface area (Å²) in [4.78, 5) is 36.3. The molecular formula is C21H16ClN3O3S. The Balaban J connectivity index is 1.64. The van der Waals surface area contributed by atoms with Crippen molar-refractivity contribution in [1.29, 1.82) is 0 Å². The van der Waals surface area contributed by atoms with E-state index in [1.165, 1.54) is 0 Å². The number of hydrogen-bond donors (Lipinski definition) is 2. The van der Waals surface area contributed by atoms with E-state index in [4.69, 9.17) is 11.6 Å². The first-order chi connectivity index (χ1) is 13.9. The summed E-state index contributed by atoms with van der Waals surface area (Å²) in [5, 5.41) is 6.18. The highest BCUT2D eigenvalue weighted by molar-refractivity contribution is 8.18. The zero-order chi connectivity index (χ0) is 20.5. The van der Waals surface area contributed by atoms with Crippen molar-refractivity contribution in [1.82, 2.24) is 9.88 Å². The van der Waals surface area contributed by atoms with E-state index in [1.54, 1.807) is 24.4 Å². The molecular weight excluding hydrogens is 410 g/mol. The van der Waals surface area contributed by atoms with E-state index in [-0.39, 0.29) is 17.7 Å². The Hall–Kier alpha value is -3.03. The van der Waals surface area contributed by atoms with Crippen molar-refractivity contribution < 1.29 is 14.4 Å². The van der Waals surface area contributed by atoms with Gasteiger partial charge < -0.3 is 9.88 Å². The van der Waals surface area contributed by atoms with E-state index in [9.17, 15) is 14.4 Å². The second-order valence-electron chi connectivity index (χ2n) is 6.59. The number of benzene rings is 2. The van der Waals surface area contributed by atoms with Gasteiger partial charge in [-0.3, -0.25) is 19.7 Å². The lowest BCUT2D eigenvalue weighted by atomic mass is 10.1. The zero-order valence-electron chi connectivity index (χ0n) is 15.4. The number of carbonyl (C=O) groups is 3. The summed E-state index contributed by atoms with van der Waals surface area (Å²) in [6.07, 6.45) is 3.47. The van der Waals surface area contributed by atoms with Gasteiger partial charge in [-0.1, -0.05) is 35.9 Å². The third-order valence-corrected chi connectivity index (χ3v) is 5.58. The van der Waals surface area contributed by atoms with Crippen LogP contribution in [0, 0.1) is 6.92 Å². The molecule has 0 spiro atoms. The summed E-state index contributed by atoms with van der Waals surface area (Å²) in [5.41, 5.74) is 3.20. The molecule has 2 aromatic carbocycles. The van der Waals surface area contributed by atoms with Crippen LogP contribution in [0.4, 0.5) is 10.5 Å². The second-order valence-corrected chi connectivity index (χ2v) is 8.04. The van der Waals surface area contributed by atoms with Crippen LogP contribution in [0.1, 0.15) is 11.1 Å². The molecule has 0 radical (unpaired) electrons. The van der Waals surface area contributed by atoms with Crippen LogP contribution in [0.2, 0.25) is 5.02 Å². The SMILES string of the molecule is Cc1ccc(Cl)cc1NC(=O)Cn1cc(/C=C2/SC(=O)NC2=O)c2ccccc21. The third-order valence-electron chi connectivity index (χ3n) is 4.54. The monoisotopic (exact) mass is 425 g/mol. The second kappa shape index (κ2) is 7.77. The van der Waals surface area contributed by atoms with Crippen LogP contribution in [0.25, 0.3) is 17.0 Å². The number of aryl methyl sites for hydroxylation is 1. The van der Waals surface area contributed by atoms with Crippen molar-refractivity contribution in [2.75, 3.05) is 5.32 Å². The van der Waals surface area contributed by atoms with Crippen LogP contribution in [-0.2, 0) is 16.1 Å². The first-order valence-corrected chi connectivity index (χ1v) is 9.99. The summed E-state index contributed by atoms with van der Waals surface area (Å²) in [6, 6.07) is 12.9. The molecule has 146 valence electrons. The zero-order valence-corrected chi connectivity index (χ0v) is 16.9. The Kier molecular flexibility index (Phi) is 5.17. The minimum Gasteiger partial charge on any atom is -0.337 e. The molecule has 3 amide bonds. The maximum absolute atomic E-state index is 12.6. The summed E-state index contributed by atoms with van der Waals surface area (Å²) < 4.78 is 1.82. The fraction of sp³-hybridized carbons (Fsp3) is 0.0952. The van der Waals surface area contributed by atoms with Crippen molar-refractivity contribution in [3.05, 3.63) is 69.7 Å². The van der Waals surface area contributed by atoms with E-state index in [2.05, 4.69) is 10.6 Å². The van der Waals surface area contributed by atoms with Crippen LogP contribution in [-0.4, -0.2) is 21.6 Å². The van der Waals surface area contributed by atoms with Crippen LogP contribution < -0.4 is 10.6 Å². The number of fused-ring (bicyclic) bond motifs is 1.